The summed E-state index contributed by atoms with van der Waals surface area (Å²) in [6, 6.07) is 0. The maximum Gasteiger partial charge on any atom is 0.524 e. The van der Waals surface area contributed by atoms with Crippen LogP contribution in [0.15, 0.2) is 23.5 Å². The molecule has 0 aliphatic carbocycles. The predicted molar refractivity (Wildman–Crippen MR) is 64.8 cm³/mol. The van der Waals surface area contributed by atoms with Gasteiger partial charge in [-0.25, -0.2) is 4.57 Å². The van der Waals surface area contributed by atoms with Crippen LogP contribution in [-0.2, 0) is 9.09 Å². The Morgan fingerprint density at radius 2 is 1.94 bits per heavy atom. The van der Waals surface area contributed by atoms with Crippen LogP contribution in [0, 0.1) is 0 Å². The predicted octanol–water partition coefficient (Wildman–Crippen LogP) is 3.53. The van der Waals surface area contributed by atoms with Crippen molar-refractivity contribution in [2.45, 2.75) is 46.5 Å². The summed E-state index contributed by atoms with van der Waals surface area (Å²) in [7, 11) is -4.46. The quantitative estimate of drug-likeness (QED) is 0.313. The molecule has 0 heterocycles. The smallest absolute Gasteiger partial charge is 0.404 e. The first kappa shape index (κ1) is 15.4. The Morgan fingerprint density at radius 3 is 2.38 bits per heavy atom. The van der Waals surface area contributed by atoms with Crippen molar-refractivity contribution in [2.24, 2.45) is 0 Å². The molecule has 0 aromatic carbocycles. The monoisotopic (exact) mass is 248 g/mol. The number of hydrogen-bond acceptors (Lipinski definition) is 2. The van der Waals surface area contributed by atoms with E-state index in [0.29, 0.717) is 5.76 Å². The number of rotatable bonds is 7. The summed E-state index contributed by atoms with van der Waals surface area (Å²) in [5.74, 6) is 0.295. The highest BCUT2D eigenvalue weighted by Crippen LogP contribution is 2.40. The molecular formula is C11H21O4P. The van der Waals surface area contributed by atoms with Gasteiger partial charge in [-0.15, -0.1) is 0 Å². The van der Waals surface area contributed by atoms with E-state index in [1.807, 2.05) is 13.0 Å². The van der Waals surface area contributed by atoms with Gasteiger partial charge in [-0.05, 0) is 37.8 Å². The SMILES string of the molecule is CCC=C(C)C(=CCCCC)OP(=O)(O)O. The van der Waals surface area contributed by atoms with E-state index in [-0.39, 0.29) is 0 Å². The van der Waals surface area contributed by atoms with Crippen molar-refractivity contribution in [2.75, 3.05) is 0 Å². The van der Waals surface area contributed by atoms with Crippen LogP contribution in [0.1, 0.15) is 46.5 Å². The topological polar surface area (TPSA) is 66.8 Å². The van der Waals surface area contributed by atoms with Crippen LogP contribution in [0.5, 0.6) is 0 Å². The summed E-state index contributed by atoms with van der Waals surface area (Å²) in [6.07, 6.45) is 7.21. The van der Waals surface area contributed by atoms with E-state index in [0.717, 1.165) is 31.3 Å². The molecule has 4 nitrogen and oxygen atoms in total. The Kier molecular flexibility index (Phi) is 7.39. The van der Waals surface area contributed by atoms with Crippen LogP contribution in [0.2, 0.25) is 0 Å². The number of phosphoric ester groups is 1. The van der Waals surface area contributed by atoms with Gasteiger partial charge in [0.05, 0.1) is 0 Å². The Hall–Kier alpha value is -0.570. The molecule has 0 aliphatic rings. The van der Waals surface area contributed by atoms with Gasteiger partial charge in [0.15, 0.2) is 0 Å². The van der Waals surface area contributed by atoms with E-state index in [1.54, 1.807) is 13.0 Å². The molecule has 0 aromatic rings. The molecule has 0 spiro atoms. The molecule has 0 amide bonds. The first-order valence-electron chi connectivity index (χ1n) is 5.53. The van der Waals surface area contributed by atoms with Gasteiger partial charge >= 0.3 is 7.82 Å². The fourth-order valence-corrected chi connectivity index (χ4v) is 1.72. The number of unbranched alkanes of at least 4 members (excludes halogenated alkanes) is 2. The van der Waals surface area contributed by atoms with E-state index < -0.39 is 7.82 Å². The molecule has 2 N–H and O–H groups in total. The van der Waals surface area contributed by atoms with Gasteiger partial charge in [0.25, 0.3) is 0 Å². The molecule has 0 bridgehead atoms. The van der Waals surface area contributed by atoms with Gasteiger partial charge in [-0.2, -0.15) is 0 Å². The first-order valence-corrected chi connectivity index (χ1v) is 7.06. The Bertz CT molecular complexity index is 301. The van der Waals surface area contributed by atoms with Gasteiger partial charge in [-0.1, -0.05) is 26.3 Å². The molecule has 94 valence electrons. The maximum atomic E-state index is 10.8. The van der Waals surface area contributed by atoms with E-state index in [2.05, 4.69) is 11.4 Å². The third kappa shape index (κ3) is 7.69. The zero-order valence-electron chi connectivity index (χ0n) is 10.1. The number of allylic oxidation sites excluding steroid dienone is 3. The van der Waals surface area contributed by atoms with Gasteiger partial charge in [0.2, 0.25) is 0 Å². The van der Waals surface area contributed by atoms with Crippen LogP contribution in [0.3, 0.4) is 0 Å². The molecule has 0 atom stereocenters. The lowest BCUT2D eigenvalue weighted by Crippen LogP contribution is -1.93. The maximum absolute atomic E-state index is 10.8. The van der Waals surface area contributed by atoms with Gasteiger partial charge in [-0.3, -0.25) is 9.79 Å². The fourth-order valence-electron chi connectivity index (χ4n) is 1.24. The molecule has 0 fully saturated rings. The van der Waals surface area contributed by atoms with Gasteiger partial charge in [0, 0.05) is 0 Å². The second kappa shape index (κ2) is 7.66. The number of hydrogen-bond donors (Lipinski definition) is 2. The van der Waals surface area contributed by atoms with E-state index in [1.165, 1.54) is 0 Å². The van der Waals surface area contributed by atoms with Crippen LogP contribution in [-0.4, -0.2) is 9.79 Å². The van der Waals surface area contributed by atoms with Crippen molar-refractivity contribution < 1.29 is 18.9 Å². The van der Waals surface area contributed by atoms with Crippen LogP contribution in [0.4, 0.5) is 0 Å². The Balaban J connectivity index is 4.70. The highest BCUT2D eigenvalue weighted by Gasteiger charge is 2.18. The summed E-state index contributed by atoms with van der Waals surface area (Å²) in [5.41, 5.74) is 0.766. The lowest BCUT2D eigenvalue weighted by atomic mass is 10.1. The average molecular weight is 248 g/mol. The zero-order valence-corrected chi connectivity index (χ0v) is 11.0. The second-order valence-corrected chi connectivity index (χ2v) is 4.75. The van der Waals surface area contributed by atoms with Crippen LogP contribution in [0.25, 0.3) is 0 Å². The Labute approximate surface area is 97.3 Å². The minimum Gasteiger partial charge on any atom is -0.404 e. The largest absolute Gasteiger partial charge is 0.524 e. The molecule has 0 saturated carbocycles. The normalized spacial score (nSPS) is 14.1. The minimum atomic E-state index is -4.46. The summed E-state index contributed by atoms with van der Waals surface area (Å²) >= 11 is 0. The average Bonchev–Trinajstić information content (AvgIpc) is 2.15. The van der Waals surface area contributed by atoms with E-state index in [9.17, 15) is 4.57 Å². The van der Waals surface area contributed by atoms with Crippen molar-refractivity contribution >= 4 is 7.82 Å². The first-order chi connectivity index (χ1) is 7.40. The molecule has 0 unspecified atom stereocenters. The third-order valence-electron chi connectivity index (χ3n) is 2.00. The molecular weight excluding hydrogens is 227 g/mol. The van der Waals surface area contributed by atoms with E-state index in [4.69, 9.17) is 9.79 Å². The van der Waals surface area contributed by atoms with Gasteiger partial charge in [0.1, 0.15) is 5.76 Å². The number of phosphoric acid groups is 1. The fraction of sp³-hybridized carbons (Fsp3) is 0.636. The van der Waals surface area contributed by atoms with Crippen molar-refractivity contribution in [3.8, 4) is 0 Å². The van der Waals surface area contributed by atoms with Crippen molar-refractivity contribution in [1.29, 1.82) is 0 Å². The van der Waals surface area contributed by atoms with Crippen molar-refractivity contribution in [3.63, 3.8) is 0 Å². The zero-order chi connectivity index (χ0) is 12.6. The highest BCUT2D eigenvalue weighted by atomic mass is 31.2. The highest BCUT2D eigenvalue weighted by molar-refractivity contribution is 7.46. The summed E-state index contributed by atoms with van der Waals surface area (Å²) < 4.78 is 15.4. The summed E-state index contributed by atoms with van der Waals surface area (Å²) in [5, 5.41) is 0. The standard InChI is InChI=1S/C11H21O4P/c1-4-6-7-9-11(10(3)8-5-2)15-16(12,13)14/h8-9H,4-7H2,1-3H3,(H2,12,13,14). The second-order valence-electron chi connectivity index (χ2n) is 3.59. The molecule has 16 heavy (non-hydrogen) atoms. The Morgan fingerprint density at radius 1 is 1.31 bits per heavy atom. The lowest BCUT2D eigenvalue weighted by Gasteiger charge is -2.11. The van der Waals surface area contributed by atoms with Crippen molar-refractivity contribution in [3.05, 3.63) is 23.5 Å². The third-order valence-corrected chi connectivity index (χ3v) is 2.44. The summed E-state index contributed by atoms with van der Waals surface area (Å²) in [4.78, 5) is 17.6. The molecule has 0 aromatic heterocycles. The molecule has 0 rings (SSSR count). The minimum absolute atomic E-state index is 0.295. The molecule has 0 saturated heterocycles. The van der Waals surface area contributed by atoms with Crippen molar-refractivity contribution in [1.82, 2.24) is 0 Å². The summed E-state index contributed by atoms with van der Waals surface area (Å²) in [6.45, 7) is 5.81. The van der Waals surface area contributed by atoms with Crippen LogP contribution < -0.4 is 0 Å². The lowest BCUT2D eigenvalue weighted by molar-refractivity contribution is 0.245. The van der Waals surface area contributed by atoms with Gasteiger partial charge < -0.3 is 4.52 Å². The van der Waals surface area contributed by atoms with E-state index >= 15 is 0 Å². The van der Waals surface area contributed by atoms with Crippen LogP contribution >= 0.6 is 7.82 Å². The molecule has 0 radical (unpaired) electrons. The molecule has 0 aliphatic heterocycles. The molecule has 5 heteroatoms.